The van der Waals surface area contributed by atoms with E-state index < -0.39 is 18.6 Å². The fourth-order valence-corrected chi connectivity index (χ4v) is 3.03. The van der Waals surface area contributed by atoms with Crippen LogP contribution in [-0.2, 0) is 4.79 Å². The van der Waals surface area contributed by atoms with Gasteiger partial charge in [0.2, 0.25) is 5.91 Å². The maximum atomic E-state index is 12.6. The van der Waals surface area contributed by atoms with E-state index in [1.165, 1.54) is 0 Å². The number of amides is 1. The highest BCUT2D eigenvalue weighted by Crippen LogP contribution is 2.25. The third kappa shape index (κ3) is 4.57. The Morgan fingerprint density at radius 3 is 2.52 bits per heavy atom. The van der Waals surface area contributed by atoms with E-state index in [0.29, 0.717) is 0 Å². The van der Waals surface area contributed by atoms with Gasteiger partial charge in [-0.3, -0.25) is 15.1 Å². The highest BCUT2D eigenvalue weighted by atomic mass is 19.4. The highest BCUT2D eigenvalue weighted by Gasteiger charge is 2.39. The van der Waals surface area contributed by atoms with Gasteiger partial charge in [-0.2, -0.15) is 13.2 Å². The third-order valence-electron chi connectivity index (χ3n) is 4.10. The standard InChI is InChI=1S/C18H18F3N3O/c19-18(20,21)12-24-11-14(10-16(24)25)23-17(13-6-2-1-3-7-13)15-8-4-5-9-22-15/h1-9,14,17,23H,10-12H2. The first kappa shape index (κ1) is 17.4. The number of carbonyl (C=O) groups excluding carboxylic acids is 1. The van der Waals surface area contributed by atoms with Crippen LogP contribution in [0.2, 0.25) is 0 Å². The van der Waals surface area contributed by atoms with Gasteiger partial charge in [-0.15, -0.1) is 0 Å². The lowest BCUT2D eigenvalue weighted by atomic mass is 10.0. The van der Waals surface area contributed by atoms with Crippen molar-refractivity contribution in [2.24, 2.45) is 0 Å². The minimum atomic E-state index is -4.38. The first-order valence-corrected chi connectivity index (χ1v) is 7.99. The summed E-state index contributed by atoms with van der Waals surface area (Å²) in [5, 5.41) is 3.30. The molecule has 4 nitrogen and oxygen atoms in total. The zero-order chi connectivity index (χ0) is 17.9. The molecule has 2 unspecified atom stereocenters. The Balaban J connectivity index is 1.77. The van der Waals surface area contributed by atoms with Crippen LogP contribution < -0.4 is 5.32 Å². The number of benzene rings is 1. The van der Waals surface area contributed by atoms with E-state index in [9.17, 15) is 18.0 Å². The van der Waals surface area contributed by atoms with Crippen molar-refractivity contribution < 1.29 is 18.0 Å². The molecule has 2 atom stereocenters. The Kier molecular flexibility index (Phi) is 5.03. The number of nitrogens with zero attached hydrogens (tertiary/aromatic N) is 2. The Bertz CT molecular complexity index is 667. The minimum absolute atomic E-state index is 0.0362. The van der Waals surface area contributed by atoms with Gasteiger partial charge in [0.1, 0.15) is 6.54 Å². The molecule has 1 aliphatic rings. The number of pyridine rings is 1. The Morgan fingerprint density at radius 1 is 1.16 bits per heavy atom. The number of halogens is 3. The number of alkyl halides is 3. The monoisotopic (exact) mass is 349 g/mol. The molecule has 0 bridgehead atoms. The van der Waals surface area contributed by atoms with Gasteiger partial charge >= 0.3 is 6.18 Å². The summed E-state index contributed by atoms with van der Waals surface area (Å²) in [6.07, 6.45) is -2.67. The van der Waals surface area contributed by atoms with Crippen molar-refractivity contribution in [3.8, 4) is 0 Å². The van der Waals surface area contributed by atoms with Crippen molar-refractivity contribution in [1.29, 1.82) is 0 Å². The molecule has 1 amide bonds. The maximum absolute atomic E-state index is 12.6. The summed E-state index contributed by atoms with van der Waals surface area (Å²) in [5.74, 6) is -0.484. The fraction of sp³-hybridized carbons (Fsp3) is 0.333. The number of nitrogens with one attached hydrogen (secondary N) is 1. The van der Waals surface area contributed by atoms with E-state index in [1.807, 2.05) is 42.5 Å². The number of rotatable bonds is 5. The van der Waals surface area contributed by atoms with E-state index in [0.717, 1.165) is 16.2 Å². The lowest BCUT2D eigenvalue weighted by Gasteiger charge is -2.23. The van der Waals surface area contributed by atoms with Gasteiger partial charge in [0.05, 0.1) is 11.7 Å². The van der Waals surface area contributed by atoms with Crippen LogP contribution in [0.15, 0.2) is 54.7 Å². The molecule has 1 N–H and O–H groups in total. The third-order valence-corrected chi connectivity index (χ3v) is 4.10. The molecule has 1 aromatic heterocycles. The smallest absolute Gasteiger partial charge is 0.332 e. The minimum Gasteiger partial charge on any atom is -0.332 e. The van der Waals surface area contributed by atoms with Crippen molar-refractivity contribution in [1.82, 2.24) is 15.2 Å². The van der Waals surface area contributed by atoms with Crippen LogP contribution in [0.25, 0.3) is 0 Å². The molecule has 7 heteroatoms. The molecule has 0 aliphatic carbocycles. The van der Waals surface area contributed by atoms with Gasteiger partial charge in [0.15, 0.2) is 0 Å². The van der Waals surface area contributed by atoms with Crippen LogP contribution in [0.3, 0.4) is 0 Å². The van der Waals surface area contributed by atoms with Gasteiger partial charge in [-0.25, -0.2) is 0 Å². The molecule has 3 rings (SSSR count). The molecule has 25 heavy (non-hydrogen) atoms. The van der Waals surface area contributed by atoms with Crippen LogP contribution in [-0.4, -0.2) is 41.1 Å². The van der Waals surface area contributed by atoms with Crippen molar-refractivity contribution in [3.63, 3.8) is 0 Å². The molecule has 2 aromatic rings. The fourth-order valence-electron chi connectivity index (χ4n) is 3.03. The van der Waals surface area contributed by atoms with E-state index in [2.05, 4.69) is 10.3 Å². The van der Waals surface area contributed by atoms with Gasteiger partial charge in [-0.05, 0) is 17.7 Å². The van der Waals surface area contributed by atoms with Gasteiger partial charge in [0, 0.05) is 25.2 Å². The van der Waals surface area contributed by atoms with Crippen molar-refractivity contribution in [2.75, 3.05) is 13.1 Å². The number of likely N-dealkylation sites (tertiary alicyclic amines) is 1. The molecular weight excluding hydrogens is 331 g/mol. The largest absolute Gasteiger partial charge is 0.406 e. The van der Waals surface area contributed by atoms with Crippen LogP contribution in [0.4, 0.5) is 13.2 Å². The number of hydrogen-bond donors (Lipinski definition) is 1. The Labute approximate surface area is 143 Å². The molecule has 132 valence electrons. The molecule has 0 spiro atoms. The van der Waals surface area contributed by atoms with Gasteiger partial charge in [-0.1, -0.05) is 36.4 Å². The Morgan fingerprint density at radius 2 is 1.88 bits per heavy atom. The summed E-state index contributed by atoms with van der Waals surface area (Å²) in [4.78, 5) is 17.1. The first-order chi connectivity index (χ1) is 11.9. The zero-order valence-corrected chi connectivity index (χ0v) is 13.4. The molecular formula is C18H18F3N3O. The van der Waals surface area contributed by atoms with Crippen molar-refractivity contribution >= 4 is 5.91 Å². The Hall–Kier alpha value is -2.41. The topological polar surface area (TPSA) is 45.2 Å². The molecule has 0 saturated carbocycles. The number of hydrogen-bond acceptors (Lipinski definition) is 3. The second-order valence-electron chi connectivity index (χ2n) is 6.06. The second kappa shape index (κ2) is 7.23. The lowest BCUT2D eigenvalue weighted by Crippen LogP contribution is -2.39. The number of aromatic nitrogens is 1. The van der Waals surface area contributed by atoms with Crippen LogP contribution in [0.5, 0.6) is 0 Å². The normalized spacial score (nSPS) is 19.2. The molecule has 2 heterocycles. The average molecular weight is 349 g/mol. The van der Waals surface area contributed by atoms with Crippen molar-refractivity contribution in [3.05, 3.63) is 66.0 Å². The predicted octanol–water partition coefficient (Wildman–Crippen LogP) is 2.92. The summed E-state index contributed by atoms with van der Waals surface area (Å²) in [5.41, 5.74) is 1.71. The predicted molar refractivity (Wildman–Crippen MR) is 86.7 cm³/mol. The summed E-state index contributed by atoms with van der Waals surface area (Å²) in [6.45, 7) is -1.17. The van der Waals surface area contributed by atoms with E-state index in [-0.39, 0.29) is 25.0 Å². The van der Waals surface area contributed by atoms with Crippen LogP contribution >= 0.6 is 0 Å². The van der Waals surface area contributed by atoms with Gasteiger partial charge in [0.25, 0.3) is 0 Å². The lowest BCUT2D eigenvalue weighted by molar-refractivity contribution is -0.157. The molecule has 1 aromatic carbocycles. The van der Waals surface area contributed by atoms with Crippen LogP contribution in [0.1, 0.15) is 23.7 Å². The number of carbonyl (C=O) groups is 1. The molecule has 1 aliphatic heterocycles. The maximum Gasteiger partial charge on any atom is 0.406 e. The zero-order valence-electron chi connectivity index (χ0n) is 13.4. The first-order valence-electron chi connectivity index (χ1n) is 7.99. The molecule has 0 radical (unpaired) electrons. The van der Waals surface area contributed by atoms with Gasteiger partial charge < -0.3 is 4.90 Å². The summed E-state index contributed by atoms with van der Waals surface area (Å²) >= 11 is 0. The second-order valence-corrected chi connectivity index (χ2v) is 6.06. The van der Waals surface area contributed by atoms with Crippen LogP contribution in [0, 0.1) is 0 Å². The molecule has 1 saturated heterocycles. The SMILES string of the molecule is O=C1CC(NC(c2ccccc2)c2ccccn2)CN1CC(F)(F)F. The summed E-state index contributed by atoms with van der Waals surface area (Å²) in [6, 6.07) is 14.4. The average Bonchev–Trinajstić information content (AvgIpc) is 2.92. The quantitative estimate of drug-likeness (QED) is 0.903. The highest BCUT2D eigenvalue weighted by molar-refractivity contribution is 5.79. The van der Waals surface area contributed by atoms with E-state index in [4.69, 9.17) is 0 Å². The van der Waals surface area contributed by atoms with E-state index >= 15 is 0 Å². The summed E-state index contributed by atoms with van der Waals surface area (Å²) in [7, 11) is 0. The van der Waals surface area contributed by atoms with E-state index in [1.54, 1.807) is 12.3 Å². The van der Waals surface area contributed by atoms with Crippen molar-refractivity contribution in [2.45, 2.75) is 24.7 Å². The summed E-state index contributed by atoms with van der Waals surface area (Å²) < 4.78 is 37.7. The molecule has 1 fully saturated rings.